The molecule has 0 bridgehead atoms. The minimum Gasteiger partial charge on any atom is -0.346 e. The molecule has 0 spiro atoms. The lowest BCUT2D eigenvalue weighted by Gasteiger charge is -2.35. The van der Waals surface area contributed by atoms with Crippen molar-refractivity contribution < 1.29 is 4.39 Å². The molecule has 3 N–H and O–H groups in total. The van der Waals surface area contributed by atoms with Crippen molar-refractivity contribution in [2.45, 2.75) is 75.8 Å². The Morgan fingerprint density at radius 3 is 1.53 bits per heavy atom. The van der Waals surface area contributed by atoms with Crippen molar-refractivity contribution in [2.24, 2.45) is 9.98 Å². The first-order chi connectivity index (χ1) is 37.1. The minimum atomic E-state index is -0.486. The molecule has 8 heterocycles. The number of thiocarbonyl (C=S) groups is 2. The fourth-order valence-electron chi connectivity index (χ4n) is 11.5. The summed E-state index contributed by atoms with van der Waals surface area (Å²) in [6.45, 7) is 1.15. The summed E-state index contributed by atoms with van der Waals surface area (Å²) < 4.78 is 18.4. The van der Waals surface area contributed by atoms with Crippen molar-refractivity contribution >= 4 is 93.2 Å². The molecule has 14 rings (SSSR count). The summed E-state index contributed by atoms with van der Waals surface area (Å²) in [4.78, 5) is 27.5. The largest absolute Gasteiger partial charge is 0.346 e. The van der Waals surface area contributed by atoms with Crippen LogP contribution in [0.2, 0.25) is 0 Å². The third kappa shape index (κ3) is 8.63. The number of fused-ring (bicyclic) bond motifs is 10. The van der Waals surface area contributed by atoms with E-state index in [0.717, 1.165) is 121 Å². The summed E-state index contributed by atoms with van der Waals surface area (Å²) in [5.41, 5.74) is 9.64. The molecule has 4 aromatic heterocycles. The minimum absolute atomic E-state index is 0.292. The average molecular weight is 1060 g/mol. The lowest BCUT2D eigenvalue weighted by molar-refractivity contribution is 0.585. The van der Waals surface area contributed by atoms with E-state index in [1.54, 1.807) is 6.07 Å². The molecule has 2 aliphatic carbocycles. The SMILES string of the molecule is CN1C(=S)c2c(nn(Cc3ccc(-c4cccc(=S)[nH]4)cc3)c2Nc2ccccc2)N2C1=N[C@@H]1CCC[C@@H]12.CN1C(=S)c2c(nn(Cc3ccc(-c4cccc(F)n4)cc3)c2Nc2ccccc2)N2C1=N[C@@H]1CCC[C@@H]12. The van der Waals surface area contributed by atoms with E-state index < -0.39 is 5.95 Å². The van der Waals surface area contributed by atoms with Gasteiger partial charge in [0.15, 0.2) is 11.6 Å². The predicted octanol–water partition coefficient (Wildman–Crippen LogP) is 11.7. The van der Waals surface area contributed by atoms with Crippen molar-refractivity contribution in [3.05, 3.63) is 178 Å². The number of rotatable bonds is 10. The number of hydrogen-bond acceptors (Lipinski definition) is 12. The maximum atomic E-state index is 13.6. The van der Waals surface area contributed by atoms with Crippen LogP contribution < -0.4 is 20.4 Å². The summed E-state index contributed by atoms with van der Waals surface area (Å²) in [6.07, 6.45) is 6.81. The standard InChI is InChI=1S/C29H26FN7S.C29H27N7S2/c1-35-28(38)25-26(31-20-7-3-2-4-8-20)36(34-27(25)37-23-11-5-10-22(23)33-29(35)37)17-18-13-15-19(16-14-18)21-9-6-12-24(30)32-21;1-34-28(38)25-26(30-20-7-3-2-4-8-20)35(33-27(25)36-23-11-5-10-22(23)32-29(34)36)17-18-13-15-19(16-14-18)21-9-6-12-24(37)31-21/h2-4,6-9,12-16,22-23,31H,5,10-11,17H2,1H3;2-4,6-9,12-16,22-23,30H,5,10-11,17H2,1H3,(H,31,37)/t2*22-,23+/m11/s1. The summed E-state index contributed by atoms with van der Waals surface area (Å²) in [7, 11) is 4.02. The topological polar surface area (TPSA) is 126 Å². The molecule has 0 saturated heterocycles. The molecule has 4 atom stereocenters. The molecule has 14 nitrogen and oxygen atoms in total. The van der Waals surface area contributed by atoms with E-state index in [0.29, 0.717) is 47.9 Å². The molecule has 6 aliphatic rings. The number of guanidine groups is 2. The van der Waals surface area contributed by atoms with Crippen LogP contribution in [0.3, 0.4) is 0 Å². The third-order valence-electron chi connectivity index (χ3n) is 15.2. The quantitative estimate of drug-likeness (QED) is 0.0892. The smallest absolute Gasteiger partial charge is 0.213 e. The molecular weight excluding hydrogens is 1010 g/mol. The normalized spacial score (nSPS) is 19.7. The molecule has 2 fully saturated rings. The van der Waals surface area contributed by atoms with Crippen LogP contribution in [0.5, 0.6) is 0 Å². The van der Waals surface area contributed by atoms with Gasteiger partial charge in [-0.15, -0.1) is 0 Å². The zero-order chi connectivity index (χ0) is 51.6. The van der Waals surface area contributed by atoms with Crippen molar-refractivity contribution in [2.75, 3.05) is 34.5 Å². The number of benzene rings is 4. The van der Waals surface area contributed by atoms with E-state index in [4.69, 9.17) is 56.8 Å². The Hall–Kier alpha value is -7.93. The van der Waals surface area contributed by atoms with Crippen LogP contribution in [0.25, 0.3) is 22.5 Å². The van der Waals surface area contributed by atoms with Crippen LogP contribution in [0.15, 0.2) is 156 Å². The maximum Gasteiger partial charge on any atom is 0.213 e. The Morgan fingerprint density at radius 1 is 0.553 bits per heavy atom. The van der Waals surface area contributed by atoms with E-state index in [1.807, 2.05) is 125 Å². The lowest BCUT2D eigenvalue weighted by Crippen LogP contribution is -2.51. The molecule has 4 aromatic carbocycles. The molecule has 4 aliphatic heterocycles. The molecule has 0 amide bonds. The van der Waals surface area contributed by atoms with Crippen molar-refractivity contribution in [1.29, 1.82) is 0 Å². The number of anilines is 6. The van der Waals surface area contributed by atoms with Gasteiger partial charge in [-0.1, -0.05) is 134 Å². The number of aromatic nitrogens is 6. The van der Waals surface area contributed by atoms with Crippen molar-refractivity contribution in [3.8, 4) is 22.5 Å². The van der Waals surface area contributed by atoms with Gasteiger partial charge in [-0.25, -0.2) is 24.3 Å². The third-order valence-corrected chi connectivity index (χ3v) is 16.4. The lowest BCUT2D eigenvalue weighted by atomic mass is 10.1. The molecular formula is C58H53FN14S3. The van der Waals surface area contributed by atoms with Crippen molar-refractivity contribution in [1.82, 2.24) is 39.3 Å². The highest BCUT2D eigenvalue weighted by Gasteiger charge is 2.50. The Morgan fingerprint density at radius 2 is 1.04 bits per heavy atom. The zero-order valence-corrected chi connectivity index (χ0v) is 44.3. The Kier molecular flexibility index (Phi) is 12.3. The van der Waals surface area contributed by atoms with Crippen LogP contribution in [-0.2, 0) is 13.1 Å². The molecule has 380 valence electrons. The number of H-pyrrole nitrogens is 1. The van der Waals surface area contributed by atoms with E-state index in [2.05, 4.69) is 71.7 Å². The van der Waals surface area contributed by atoms with Gasteiger partial charge in [-0.2, -0.15) is 14.6 Å². The van der Waals surface area contributed by atoms with E-state index >= 15 is 0 Å². The van der Waals surface area contributed by atoms with Gasteiger partial charge in [0.05, 0.1) is 54.1 Å². The molecule has 0 radical (unpaired) electrons. The number of aliphatic imine (C=N–C) groups is 2. The van der Waals surface area contributed by atoms with Crippen LogP contribution in [0, 0.1) is 10.6 Å². The monoisotopic (exact) mass is 1060 g/mol. The number of nitrogens with zero attached hydrogens (tertiary/aromatic N) is 11. The number of pyridine rings is 2. The number of hydrogen-bond donors (Lipinski definition) is 3. The van der Waals surface area contributed by atoms with Gasteiger partial charge in [0.2, 0.25) is 17.9 Å². The molecule has 8 aromatic rings. The number of nitrogens with one attached hydrogen (secondary N) is 3. The maximum absolute atomic E-state index is 13.6. The summed E-state index contributed by atoms with van der Waals surface area (Å²) in [6, 6.07) is 48.8. The fourth-order valence-corrected chi connectivity index (χ4v) is 12.2. The van der Waals surface area contributed by atoms with E-state index in [-0.39, 0.29) is 0 Å². The van der Waals surface area contributed by atoms with Gasteiger partial charge < -0.3 is 25.4 Å². The van der Waals surface area contributed by atoms with Gasteiger partial charge in [0, 0.05) is 36.7 Å². The van der Waals surface area contributed by atoms with Crippen molar-refractivity contribution in [3.63, 3.8) is 0 Å². The first-order valence-corrected chi connectivity index (χ1v) is 27.0. The van der Waals surface area contributed by atoms with E-state index in [1.165, 1.54) is 18.9 Å². The Balaban J connectivity index is 0.000000146. The first kappa shape index (κ1) is 47.8. The van der Waals surface area contributed by atoms with Gasteiger partial charge >= 0.3 is 0 Å². The Labute approximate surface area is 455 Å². The summed E-state index contributed by atoms with van der Waals surface area (Å²) in [5.74, 6) is 4.89. The predicted molar refractivity (Wildman–Crippen MR) is 310 cm³/mol. The van der Waals surface area contributed by atoms with Crippen LogP contribution in [0.1, 0.15) is 60.8 Å². The summed E-state index contributed by atoms with van der Waals surface area (Å²) >= 11 is 17.3. The van der Waals surface area contributed by atoms with Gasteiger partial charge in [-0.3, -0.25) is 9.80 Å². The second kappa shape index (κ2) is 19.6. The number of halogens is 1. The zero-order valence-electron chi connectivity index (χ0n) is 41.8. The molecule has 76 heavy (non-hydrogen) atoms. The first-order valence-electron chi connectivity index (χ1n) is 25.8. The van der Waals surface area contributed by atoms with Crippen LogP contribution >= 0.6 is 36.7 Å². The number of para-hydroxylation sites is 2. The number of aromatic amines is 1. The van der Waals surface area contributed by atoms with Gasteiger partial charge in [0.25, 0.3) is 0 Å². The summed E-state index contributed by atoms with van der Waals surface area (Å²) in [5, 5.41) is 17.6. The van der Waals surface area contributed by atoms with Gasteiger partial charge in [0.1, 0.15) is 26.3 Å². The van der Waals surface area contributed by atoms with E-state index in [9.17, 15) is 4.39 Å². The molecule has 2 saturated carbocycles. The molecule has 0 unspecified atom stereocenters. The van der Waals surface area contributed by atoms with Crippen LogP contribution in [-0.4, -0.2) is 99.5 Å². The fraction of sp³-hybridized carbons (Fsp3) is 0.241. The second-order valence-corrected chi connectivity index (χ2v) is 21.2. The highest BCUT2D eigenvalue weighted by Crippen LogP contribution is 2.45. The van der Waals surface area contributed by atoms with Crippen LogP contribution in [0.4, 0.5) is 39.0 Å². The highest BCUT2D eigenvalue weighted by atomic mass is 32.1. The average Bonchev–Trinajstić information content (AvgIpc) is 4.38. The molecule has 18 heteroatoms. The Bertz CT molecular complexity index is 3670. The van der Waals surface area contributed by atoms with Gasteiger partial charge in [-0.05, 0) is 104 Å². The highest BCUT2D eigenvalue weighted by molar-refractivity contribution is 7.81. The second-order valence-electron chi connectivity index (χ2n) is 20.0.